The molecule has 38 heavy (non-hydrogen) atoms. The SMILES string of the molecule is CNC[C@H](CC1CCCCC1)NC(=O)N1CCC[C@@H]([C@@](O)(CCCNC2(OC)CO2)c2cccc(Cl)c2)C1. The third kappa shape index (κ3) is 7.83. The van der Waals surface area contributed by atoms with E-state index >= 15 is 0 Å². The number of amides is 2. The number of nitrogens with one attached hydrogen (secondary N) is 3. The Morgan fingerprint density at radius 1 is 1.29 bits per heavy atom. The fourth-order valence-corrected chi connectivity index (χ4v) is 6.61. The first-order chi connectivity index (χ1) is 18.4. The van der Waals surface area contributed by atoms with Gasteiger partial charge in [-0.25, -0.2) is 4.79 Å². The molecule has 1 aromatic rings. The Bertz CT molecular complexity index is 895. The maximum Gasteiger partial charge on any atom is 0.317 e. The van der Waals surface area contributed by atoms with Gasteiger partial charge in [0.25, 0.3) is 5.91 Å². The second-order valence-corrected chi connectivity index (χ2v) is 11.9. The maximum atomic E-state index is 13.4. The van der Waals surface area contributed by atoms with Crippen LogP contribution in [0.25, 0.3) is 0 Å². The molecule has 9 heteroatoms. The zero-order chi connectivity index (χ0) is 27.0. The molecule has 0 spiro atoms. The number of hydrogen-bond acceptors (Lipinski definition) is 6. The van der Waals surface area contributed by atoms with E-state index in [4.69, 9.17) is 21.1 Å². The number of nitrogens with zero attached hydrogens (tertiary/aromatic N) is 1. The molecule has 3 aliphatic rings. The van der Waals surface area contributed by atoms with Gasteiger partial charge in [0, 0.05) is 50.3 Å². The van der Waals surface area contributed by atoms with Crippen LogP contribution < -0.4 is 16.0 Å². The van der Waals surface area contributed by atoms with Crippen molar-refractivity contribution in [1.29, 1.82) is 0 Å². The van der Waals surface area contributed by atoms with Gasteiger partial charge in [-0.15, -0.1) is 0 Å². The molecule has 1 aromatic carbocycles. The highest BCUT2D eigenvalue weighted by Crippen LogP contribution is 2.40. The van der Waals surface area contributed by atoms with Gasteiger partial charge in [-0.1, -0.05) is 55.8 Å². The molecule has 0 bridgehead atoms. The molecule has 1 aliphatic carbocycles. The first-order valence-corrected chi connectivity index (χ1v) is 14.9. The lowest BCUT2D eigenvalue weighted by Gasteiger charge is -2.43. The maximum absolute atomic E-state index is 13.4. The smallest absolute Gasteiger partial charge is 0.317 e. The van der Waals surface area contributed by atoms with Gasteiger partial charge in [0.15, 0.2) is 0 Å². The molecule has 0 aromatic heterocycles. The number of carbonyl (C=O) groups excluding carboxylic acids is 1. The van der Waals surface area contributed by atoms with Crippen LogP contribution in [0.5, 0.6) is 0 Å². The third-order valence-corrected chi connectivity index (χ3v) is 8.93. The number of methoxy groups -OCH3 is 1. The fraction of sp³-hybridized carbons (Fsp3) is 0.759. The number of epoxide rings is 1. The number of likely N-dealkylation sites (tertiary alicyclic amines) is 1. The monoisotopic (exact) mass is 550 g/mol. The van der Waals surface area contributed by atoms with Crippen LogP contribution in [0.2, 0.25) is 5.02 Å². The van der Waals surface area contributed by atoms with Crippen molar-refractivity contribution >= 4 is 17.6 Å². The number of halogens is 1. The van der Waals surface area contributed by atoms with Gasteiger partial charge in [-0.2, -0.15) is 0 Å². The van der Waals surface area contributed by atoms with E-state index in [-0.39, 0.29) is 18.0 Å². The summed E-state index contributed by atoms with van der Waals surface area (Å²) in [5, 5.41) is 22.7. The minimum absolute atomic E-state index is 0.0196. The van der Waals surface area contributed by atoms with Crippen LogP contribution in [-0.2, 0) is 15.1 Å². The number of benzene rings is 1. The van der Waals surface area contributed by atoms with E-state index in [0.717, 1.165) is 37.8 Å². The molecular formula is C29H47ClN4O4. The van der Waals surface area contributed by atoms with Crippen molar-refractivity contribution in [3.8, 4) is 0 Å². The molecule has 1 unspecified atom stereocenters. The first kappa shape index (κ1) is 29.6. The van der Waals surface area contributed by atoms with Crippen LogP contribution in [0.4, 0.5) is 4.79 Å². The largest absolute Gasteiger partial charge is 0.385 e. The van der Waals surface area contributed by atoms with Gasteiger partial charge in [0.2, 0.25) is 0 Å². The molecule has 2 aliphatic heterocycles. The fourth-order valence-electron chi connectivity index (χ4n) is 6.42. The molecule has 214 valence electrons. The average Bonchev–Trinajstić information content (AvgIpc) is 3.72. The van der Waals surface area contributed by atoms with Crippen LogP contribution in [0.1, 0.15) is 69.8 Å². The molecule has 1 saturated carbocycles. The number of piperidine rings is 1. The van der Waals surface area contributed by atoms with Gasteiger partial charge in [0.1, 0.15) is 6.61 Å². The van der Waals surface area contributed by atoms with Crippen LogP contribution in [0.3, 0.4) is 0 Å². The third-order valence-electron chi connectivity index (χ3n) is 8.69. The van der Waals surface area contributed by atoms with E-state index < -0.39 is 11.5 Å². The standard InChI is InChI=1S/C29H47ClN4O4/c1-31-19-26(17-22-9-4-3-5-10-22)33-27(35)34-16-7-12-24(20-34)28(36,23-11-6-13-25(30)18-23)14-8-15-32-29(37-2)21-38-29/h6,11,13,18,22,24,26,31-32,36H,3-5,7-10,12,14-17,19-21H2,1-2H3,(H,33,35)/t24-,26+,28-,29?/m1/s1. The van der Waals surface area contributed by atoms with Crippen molar-refractivity contribution in [2.75, 3.05) is 46.9 Å². The van der Waals surface area contributed by atoms with Gasteiger partial charge in [-0.05, 0) is 62.8 Å². The van der Waals surface area contributed by atoms with E-state index in [1.807, 2.05) is 36.2 Å². The highest BCUT2D eigenvalue weighted by Gasteiger charge is 2.46. The molecule has 4 rings (SSSR count). The summed E-state index contributed by atoms with van der Waals surface area (Å²) in [6.45, 7) is 3.18. The quantitative estimate of drug-likeness (QED) is 0.167. The number of urea groups is 1. The van der Waals surface area contributed by atoms with Crippen molar-refractivity contribution in [1.82, 2.24) is 20.9 Å². The van der Waals surface area contributed by atoms with Crippen LogP contribution in [0.15, 0.2) is 24.3 Å². The van der Waals surface area contributed by atoms with E-state index in [9.17, 15) is 9.90 Å². The second-order valence-electron chi connectivity index (χ2n) is 11.4. The van der Waals surface area contributed by atoms with Gasteiger partial charge < -0.3 is 30.1 Å². The predicted molar refractivity (Wildman–Crippen MR) is 150 cm³/mol. The zero-order valence-electron chi connectivity index (χ0n) is 23.1. The average molecular weight is 551 g/mol. The van der Waals surface area contributed by atoms with E-state index in [1.54, 1.807) is 7.11 Å². The molecule has 8 nitrogen and oxygen atoms in total. The van der Waals surface area contributed by atoms with Crippen molar-refractivity contribution in [2.45, 2.75) is 81.8 Å². The summed E-state index contributed by atoms with van der Waals surface area (Å²) in [4.78, 5) is 15.4. The van der Waals surface area contributed by atoms with Crippen LogP contribution >= 0.6 is 11.6 Å². The van der Waals surface area contributed by atoms with Gasteiger partial charge >= 0.3 is 6.03 Å². The molecule has 2 amide bonds. The lowest BCUT2D eigenvalue weighted by atomic mass is 9.74. The topological polar surface area (TPSA) is 98.4 Å². The number of rotatable bonds is 13. The number of hydrogen-bond donors (Lipinski definition) is 4. The number of likely N-dealkylation sites (N-methyl/N-ethyl adjacent to an activating group) is 1. The number of carbonyl (C=O) groups is 1. The normalized spacial score (nSPS) is 26.5. The van der Waals surface area contributed by atoms with Crippen LogP contribution in [-0.4, -0.2) is 74.9 Å². The summed E-state index contributed by atoms with van der Waals surface area (Å²) in [7, 11) is 3.57. The van der Waals surface area contributed by atoms with Crippen molar-refractivity contribution in [3.05, 3.63) is 34.9 Å². The Labute approximate surface area is 233 Å². The summed E-state index contributed by atoms with van der Waals surface area (Å²) >= 11 is 6.35. The molecule has 4 atom stereocenters. The summed E-state index contributed by atoms with van der Waals surface area (Å²) in [5.74, 6) is -0.0680. The Kier molecular flexibility index (Phi) is 10.7. The molecule has 2 saturated heterocycles. The Morgan fingerprint density at radius 3 is 2.76 bits per heavy atom. The molecular weight excluding hydrogens is 504 g/mol. The predicted octanol–water partition coefficient (Wildman–Crippen LogP) is 4.21. The van der Waals surface area contributed by atoms with Crippen molar-refractivity contribution in [3.63, 3.8) is 0 Å². The van der Waals surface area contributed by atoms with Gasteiger partial charge in [-0.3, -0.25) is 5.32 Å². The summed E-state index contributed by atoms with van der Waals surface area (Å²) < 4.78 is 10.7. The number of ether oxygens (including phenoxy) is 2. The molecule has 2 heterocycles. The second kappa shape index (κ2) is 13.8. The highest BCUT2D eigenvalue weighted by molar-refractivity contribution is 6.30. The van der Waals surface area contributed by atoms with E-state index in [1.165, 1.54) is 32.1 Å². The summed E-state index contributed by atoms with van der Waals surface area (Å²) in [5.41, 5.74) is -0.283. The van der Waals surface area contributed by atoms with Crippen LogP contribution in [0, 0.1) is 11.8 Å². The molecule has 3 fully saturated rings. The summed E-state index contributed by atoms with van der Waals surface area (Å²) in [6.07, 6.45) is 10.5. The molecule has 4 N–H and O–H groups in total. The van der Waals surface area contributed by atoms with E-state index in [2.05, 4.69) is 16.0 Å². The summed E-state index contributed by atoms with van der Waals surface area (Å²) in [6, 6.07) is 7.63. The first-order valence-electron chi connectivity index (χ1n) is 14.5. The Hall–Kier alpha value is -1.42. The highest BCUT2D eigenvalue weighted by atomic mass is 35.5. The minimum atomic E-state index is -1.09. The lowest BCUT2D eigenvalue weighted by molar-refractivity contribution is -0.0603. The lowest BCUT2D eigenvalue weighted by Crippen LogP contribution is -2.54. The van der Waals surface area contributed by atoms with Crippen molar-refractivity contribution < 1.29 is 19.4 Å². The Balaban J connectivity index is 1.40. The van der Waals surface area contributed by atoms with Crippen molar-refractivity contribution in [2.24, 2.45) is 11.8 Å². The van der Waals surface area contributed by atoms with Gasteiger partial charge in [0.05, 0.1) is 5.60 Å². The minimum Gasteiger partial charge on any atom is -0.385 e. The number of aliphatic hydroxyl groups is 1. The zero-order valence-corrected chi connectivity index (χ0v) is 23.9. The Morgan fingerprint density at radius 2 is 2.08 bits per heavy atom. The molecule has 0 radical (unpaired) electrons. The van der Waals surface area contributed by atoms with E-state index in [0.29, 0.717) is 43.6 Å².